The Morgan fingerprint density at radius 3 is 2.66 bits per heavy atom. The fraction of sp³-hybridized carbons (Fsp3) is 0.333. The number of ketones is 1. The molecule has 0 saturated heterocycles. The Bertz CT molecular complexity index is 1100. The molecule has 29 heavy (non-hydrogen) atoms. The minimum absolute atomic E-state index is 0.00613. The van der Waals surface area contributed by atoms with Crippen molar-refractivity contribution in [3.8, 4) is 6.07 Å². The molecular weight excluding hydrogens is 530 g/mol. The minimum Gasteiger partial charge on any atom is -0.382 e. The molecule has 0 bridgehead atoms. The zero-order valence-corrected chi connectivity index (χ0v) is 19.9. The van der Waals surface area contributed by atoms with Crippen molar-refractivity contribution in [1.29, 1.82) is 5.26 Å². The standard InChI is InChI=1S/C18H20FIN4O3S2/c1-12-7-13-8-17(18(25)14(10-21)11-23(2)3)24(28-20)16(13)9-15(12)22-29(26,27)6-4-5-19/h7-9,11,22H,4-6H2,1-3H3/b14-11+. The maximum Gasteiger partial charge on any atom is 0.232 e. The van der Waals surface area contributed by atoms with Gasteiger partial charge in [-0.3, -0.25) is 17.9 Å². The van der Waals surface area contributed by atoms with E-state index >= 15 is 0 Å². The number of aromatic nitrogens is 1. The van der Waals surface area contributed by atoms with Gasteiger partial charge in [0.15, 0.2) is 0 Å². The number of rotatable bonds is 9. The molecule has 0 fully saturated rings. The van der Waals surface area contributed by atoms with Crippen LogP contribution in [0.15, 0.2) is 30.0 Å². The number of nitrogens with one attached hydrogen (secondary N) is 1. The zero-order chi connectivity index (χ0) is 21.8. The number of hydrogen-bond acceptors (Lipinski definition) is 6. The van der Waals surface area contributed by atoms with Crippen molar-refractivity contribution < 1.29 is 17.6 Å². The average molecular weight is 550 g/mol. The molecule has 1 aromatic carbocycles. The predicted molar refractivity (Wildman–Crippen MR) is 123 cm³/mol. The maximum absolute atomic E-state index is 12.9. The summed E-state index contributed by atoms with van der Waals surface area (Å²) in [7, 11) is 1.00. The van der Waals surface area contributed by atoms with Gasteiger partial charge < -0.3 is 4.90 Å². The summed E-state index contributed by atoms with van der Waals surface area (Å²) in [4.78, 5) is 14.5. The van der Waals surface area contributed by atoms with Gasteiger partial charge in [-0.05, 0) is 37.1 Å². The quantitative estimate of drug-likeness (QED) is 0.219. The lowest BCUT2D eigenvalue weighted by Gasteiger charge is -2.11. The van der Waals surface area contributed by atoms with Gasteiger partial charge in [-0.1, -0.05) is 0 Å². The Morgan fingerprint density at radius 1 is 1.41 bits per heavy atom. The van der Waals surface area contributed by atoms with Crippen LogP contribution in [0.5, 0.6) is 0 Å². The van der Waals surface area contributed by atoms with Crippen LogP contribution in [-0.4, -0.2) is 49.6 Å². The summed E-state index contributed by atoms with van der Waals surface area (Å²) in [6.45, 7) is 1.04. The summed E-state index contributed by atoms with van der Waals surface area (Å²) in [5, 5.41) is 10.1. The first-order chi connectivity index (χ1) is 13.6. The van der Waals surface area contributed by atoms with Crippen LogP contribution in [0.4, 0.5) is 10.1 Å². The molecule has 1 N–H and O–H groups in total. The number of nitrogens with zero attached hydrogens (tertiary/aromatic N) is 3. The number of fused-ring (bicyclic) bond motifs is 1. The second-order valence-electron chi connectivity index (χ2n) is 6.53. The lowest BCUT2D eigenvalue weighted by Crippen LogP contribution is -2.17. The highest BCUT2D eigenvalue weighted by atomic mass is 127. The molecule has 0 aliphatic rings. The van der Waals surface area contributed by atoms with Crippen molar-refractivity contribution in [3.05, 3.63) is 41.2 Å². The van der Waals surface area contributed by atoms with Gasteiger partial charge in [-0.25, -0.2) is 8.42 Å². The first kappa shape index (κ1) is 23.5. The van der Waals surface area contributed by atoms with Crippen LogP contribution in [0.2, 0.25) is 0 Å². The Hall–Kier alpha value is -1.78. The van der Waals surface area contributed by atoms with Gasteiger partial charge in [0.05, 0.1) is 23.6 Å². The maximum atomic E-state index is 12.9. The first-order valence-corrected chi connectivity index (χ1v) is 13.4. The molecule has 1 heterocycles. The van der Waals surface area contributed by atoms with Gasteiger partial charge in [0.25, 0.3) is 0 Å². The number of hydrogen-bond donors (Lipinski definition) is 1. The summed E-state index contributed by atoms with van der Waals surface area (Å²) >= 11 is 2.02. The number of sulfonamides is 1. The highest BCUT2D eigenvalue weighted by Gasteiger charge is 2.21. The van der Waals surface area contributed by atoms with Crippen molar-refractivity contribution in [2.45, 2.75) is 13.3 Å². The molecule has 0 radical (unpaired) electrons. The zero-order valence-electron chi connectivity index (χ0n) is 16.1. The molecule has 7 nitrogen and oxygen atoms in total. The number of anilines is 1. The fourth-order valence-electron chi connectivity index (χ4n) is 2.69. The minimum atomic E-state index is -3.68. The topological polar surface area (TPSA) is 95.2 Å². The van der Waals surface area contributed by atoms with Crippen molar-refractivity contribution in [2.24, 2.45) is 0 Å². The van der Waals surface area contributed by atoms with Crippen molar-refractivity contribution >= 4 is 62.7 Å². The molecule has 156 valence electrons. The summed E-state index contributed by atoms with van der Waals surface area (Å²) < 4.78 is 40.8. The van der Waals surface area contributed by atoms with Gasteiger partial charge >= 0.3 is 0 Å². The Balaban J connectivity index is 2.56. The number of benzene rings is 1. The molecule has 2 aromatic rings. The van der Waals surface area contributed by atoms with Crippen LogP contribution in [0.1, 0.15) is 22.5 Å². The number of carbonyl (C=O) groups is 1. The SMILES string of the molecule is Cc1cc2cc(C(=O)/C(C#N)=C/N(C)C)n(SI)c2cc1NS(=O)(=O)CCCF. The van der Waals surface area contributed by atoms with Crippen LogP contribution in [0, 0.1) is 18.3 Å². The van der Waals surface area contributed by atoms with Gasteiger partial charge in [-0.2, -0.15) is 5.26 Å². The first-order valence-electron chi connectivity index (χ1n) is 8.48. The van der Waals surface area contributed by atoms with E-state index in [1.807, 2.05) is 27.3 Å². The molecule has 0 amide bonds. The number of halogens is 2. The molecule has 1 aromatic heterocycles. The lowest BCUT2D eigenvalue weighted by molar-refractivity contribution is 0.103. The molecule has 0 aliphatic heterocycles. The van der Waals surface area contributed by atoms with E-state index in [0.29, 0.717) is 22.5 Å². The molecule has 2 rings (SSSR count). The Labute approximate surface area is 185 Å². The monoisotopic (exact) mass is 550 g/mol. The predicted octanol–water partition coefficient (Wildman–Crippen LogP) is 4.05. The van der Waals surface area contributed by atoms with Crippen LogP contribution < -0.4 is 4.72 Å². The van der Waals surface area contributed by atoms with E-state index in [2.05, 4.69) is 4.72 Å². The molecule has 0 atom stereocenters. The summed E-state index contributed by atoms with van der Waals surface area (Å²) in [6.07, 6.45) is 1.38. The second-order valence-corrected chi connectivity index (χ2v) is 10.1. The van der Waals surface area contributed by atoms with Gasteiger partial charge in [0.2, 0.25) is 15.8 Å². The van der Waals surface area contributed by atoms with Gasteiger partial charge in [-0.15, -0.1) is 0 Å². The highest BCUT2D eigenvalue weighted by molar-refractivity contribution is 14.2. The Morgan fingerprint density at radius 2 is 2.10 bits per heavy atom. The van der Waals surface area contributed by atoms with Gasteiger partial charge in [0, 0.05) is 56.0 Å². The van der Waals surface area contributed by atoms with Crippen LogP contribution in [-0.2, 0) is 10.0 Å². The number of allylic oxidation sites excluding steroid dienone is 1. The summed E-state index contributed by atoms with van der Waals surface area (Å²) in [5.74, 6) is -0.738. The Kier molecular flexibility index (Phi) is 7.95. The number of carbonyl (C=O) groups excluding carboxylic acids is 1. The van der Waals surface area contributed by atoms with E-state index in [1.54, 1.807) is 48.1 Å². The molecule has 0 unspecified atom stereocenters. The molecule has 0 aliphatic carbocycles. The van der Waals surface area contributed by atoms with E-state index in [9.17, 15) is 22.9 Å². The van der Waals surface area contributed by atoms with E-state index in [0.717, 1.165) is 5.39 Å². The fourth-order valence-corrected chi connectivity index (χ4v) is 5.55. The third-order valence-corrected chi connectivity index (χ3v) is 7.04. The van der Waals surface area contributed by atoms with Crippen LogP contribution in [0.25, 0.3) is 10.9 Å². The summed E-state index contributed by atoms with van der Waals surface area (Å²) in [6, 6.07) is 7.01. The number of nitriles is 1. The molecular formula is C18H20FIN4O3S2. The smallest absolute Gasteiger partial charge is 0.232 e. The number of aryl methyl sites for hydroxylation is 1. The largest absolute Gasteiger partial charge is 0.382 e. The van der Waals surface area contributed by atoms with Gasteiger partial charge in [0.1, 0.15) is 17.3 Å². The van der Waals surface area contributed by atoms with Crippen LogP contribution >= 0.6 is 30.3 Å². The van der Waals surface area contributed by atoms with Crippen LogP contribution in [0.3, 0.4) is 0 Å². The molecule has 0 saturated carbocycles. The third-order valence-electron chi connectivity index (χ3n) is 3.97. The summed E-state index contributed by atoms with van der Waals surface area (Å²) in [5.41, 5.74) is 1.97. The van der Waals surface area contributed by atoms with E-state index < -0.39 is 22.5 Å². The number of Topliss-reactive ketones (excluding diaryl/α,β-unsaturated/α-hetero) is 1. The normalized spacial score (nSPS) is 12.1. The van der Waals surface area contributed by atoms with Crippen molar-refractivity contribution in [1.82, 2.24) is 8.87 Å². The second kappa shape index (κ2) is 9.82. The van der Waals surface area contributed by atoms with E-state index in [1.165, 1.54) is 15.3 Å². The third kappa shape index (κ3) is 5.64. The number of alkyl halides is 1. The van der Waals surface area contributed by atoms with Crippen molar-refractivity contribution in [2.75, 3.05) is 31.2 Å². The average Bonchev–Trinajstić information content (AvgIpc) is 3.01. The van der Waals surface area contributed by atoms with E-state index in [4.69, 9.17) is 0 Å². The highest BCUT2D eigenvalue weighted by Crippen LogP contribution is 2.33. The van der Waals surface area contributed by atoms with E-state index in [-0.39, 0.29) is 17.7 Å². The molecule has 11 heteroatoms. The van der Waals surface area contributed by atoms with Crippen molar-refractivity contribution in [3.63, 3.8) is 0 Å². The lowest BCUT2D eigenvalue weighted by atomic mass is 10.1. The molecule has 0 spiro atoms.